The van der Waals surface area contributed by atoms with Crippen molar-refractivity contribution in [3.05, 3.63) is 35.3 Å². The third-order valence-electron chi connectivity index (χ3n) is 4.15. The number of nitrogens with zero attached hydrogens (tertiary/aromatic N) is 3. The molecule has 2 heterocycles. The number of carbonyl (C=O) groups is 1. The molecule has 0 bridgehead atoms. The lowest BCUT2D eigenvalue weighted by Crippen LogP contribution is -2.50. The van der Waals surface area contributed by atoms with Crippen molar-refractivity contribution in [1.29, 1.82) is 5.41 Å². The molecule has 0 amide bonds. The minimum atomic E-state index is -2.97. The van der Waals surface area contributed by atoms with E-state index >= 15 is 0 Å². The molecule has 2 aromatic rings. The number of halogens is 3. The molecule has 1 aromatic carbocycles. The first-order valence-electron chi connectivity index (χ1n) is 8.19. The maximum atomic E-state index is 13.4. The molecule has 0 saturated carbocycles. The van der Waals surface area contributed by atoms with Crippen LogP contribution in [-0.4, -0.2) is 57.5 Å². The van der Waals surface area contributed by atoms with E-state index in [1.54, 1.807) is 0 Å². The average molecular weight is 415 g/mol. The van der Waals surface area contributed by atoms with Gasteiger partial charge in [-0.25, -0.2) is 17.8 Å². The van der Waals surface area contributed by atoms with Gasteiger partial charge >= 0.3 is 5.97 Å². The second-order valence-corrected chi connectivity index (χ2v) is 7.18. The van der Waals surface area contributed by atoms with Crippen LogP contribution in [0.3, 0.4) is 0 Å². The van der Waals surface area contributed by atoms with E-state index in [2.05, 4.69) is 20.3 Å². The van der Waals surface area contributed by atoms with Crippen molar-refractivity contribution in [2.75, 3.05) is 30.7 Å². The molecule has 0 spiro atoms. The fraction of sp³-hybridized carbons (Fsp3) is 0.375. The Bertz CT molecular complexity index is 873. The third-order valence-corrected chi connectivity index (χ3v) is 5.08. The molecule has 0 unspecified atom stereocenters. The average Bonchev–Trinajstić information content (AvgIpc) is 3.06. The van der Waals surface area contributed by atoms with Crippen molar-refractivity contribution in [3.8, 4) is 0 Å². The Hall–Kier alpha value is -2.60. The predicted molar refractivity (Wildman–Crippen MR) is 94.4 cm³/mol. The van der Waals surface area contributed by atoms with E-state index in [0.717, 1.165) is 12.1 Å². The molecule has 1 aromatic heterocycles. The molecule has 0 radical (unpaired) electrons. The molecule has 0 atom stereocenters. The number of likely N-dealkylation sites (tertiary alicyclic amines) is 1. The normalized spacial score (nSPS) is 14.9. The Labute approximate surface area is 161 Å². The highest BCUT2D eigenvalue weighted by Crippen LogP contribution is 2.26. The summed E-state index contributed by atoms with van der Waals surface area (Å²) in [6.45, 7) is 1.62. The summed E-state index contributed by atoms with van der Waals surface area (Å²) in [6, 6.07) is 3.06. The third kappa shape index (κ3) is 4.62. The number of anilines is 1. The van der Waals surface area contributed by atoms with Crippen molar-refractivity contribution in [2.45, 2.75) is 11.5 Å². The van der Waals surface area contributed by atoms with Crippen molar-refractivity contribution >= 4 is 29.3 Å². The number of hydrogen-bond acceptors (Lipinski definition) is 7. The molecule has 8 nitrogen and oxygen atoms in total. The maximum Gasteiger partial charge on any atom is 0.309 e. The largest absolute Gasteiger partial charge is 0.481 e. The molecule has 12 heteroatoms. The highest BCUT2D eigenvalue weighted by Gasteiger charge is 2.32. The van der Waals surface area contributed by atoms with Gasteiger partial charge < -0.3 is 15.3 Å². The van der Waals surface area contributed by atoms with E-state index in [-0.39, 0.29) is 23.1 Å². The number of carboxylic acid groups (broad SMARTS) is 1. The smallest absolute Gasteiger partial charge is 0.309 e. The molecule has 150 valence electrons. The van der Waals surface area contributed by atoms with E-state index in [0.29, 0.717) is 30.4 Å². The molecule has 1 fully saturated rings. The number of thioether (sulfide) groups is 1. The van der Waals surface area contributed by atoms with Crippen LogP contribution in [0.4, 0.5) is 18.9 Å². The van der Waals surface area contributed by atoms with Crippen molar-refractivity contribution in [2.24, 2.45) is 5.92 Å². The van der Waals surface area contributed by atoms with E-state index in [1.807, 2.05) is 4.90 Å². The first-order valence-corrected chi connectivity index (χ1v) is 9.17. The quantitative estimate of drug-likeness (QED) is 0.342. The van der Waals surface area contributed by atoms with Gasteiger partial charge in [-0.1, -0.05) is 11.8 Å². The first-order chi connectivity index (χ1) is 13.3. The van der Waals surface area contributed by atoms with Gasteiger partial charge in [-0.05, 0) is 28.5 Å². The standard InChI is InChI=1S/C16H16F3N5O3S/c17-11-2-1-9(5-10(11)13(18)19)21-14(20)12-15(23-27-22-12)28-4-3-24-6-8(7-24)16(25)26/h1-2,5,8,13H,3-4,6-7H2,(H2,20,21)(H,25,26). The van der Waals surface area contributed by atoms with Gasteiger partial charge in [-0.3, -0.25) is 10.2 Å². The number of aromatic nitrogens is 2. The van der Waals surface area contributed by atoms with Crippen molar-refractivity contribution < 1.29 is 27.7 Å². The SMILES string of the molecule is N=C(Nc1ccc(F)c(C(F)F)c1)c1nonc1SCCN1CC(C(=O)O)C1. The topological polar surface area (TPSA) is 115 Å². The first kappa shape index (κ1) is 20.1. The molecule has 3 rings (SSSR count). The van der Waals surface area contributed by atoms with E-state index in [4.69, 9.17) is 10.5 Å². The van der Waals surface area contributed by atoms with Gasteiger partial charge in [0.1, 0.15) is 5.82 Å². The summed E-state index contributed by atoms with van der Waals surface area (Å²) >= 11 is 1.27. The van der Waals surface area contributed by atoms with E-state index in [9.17, 15) is 18.0 Å². The zero-order valence-electron chi connectivity index (χ0n) is 14.4. The van der Waals surface area contributed by atoms with Crippen LogP contribution in [0.5, 0.6) is 0 Å². The Morgan fingerprint density at radius 3 is 2.86 bits per heavy atom. The number of rotatable bonds is 8. The number of carboxylic acids is 1. The zero-order chi connectivity index (χ0) is 20.3. The Balaban J connectivity index is 1.55. The van der Waals surface area contributed by atoms with E-state index < -0.39 is 23.8 Å². The van der Waals surface area contributed by atoms with Crippen LogP contribution in [0.2, 0.25) is 0 Å². The van der Waals surface area contributed by atoms with Crippen LogP contribution in [-0.2, 0) is 4.79 Å². The monoisotopic (exact) mass is 415 g/mol. The summed E-state index contributed by atoms with van der Waals surface area (Å²) < 4.78 is 43.6. The van der Waals surface area contributed by atoms with Crippen molar-refractivity contribution in [3.63, 3.8) is 0 Å². The summed E-state index contributed by atoms with van der Waals surface area (Å²) in [5.74, 6) is -1.82. The second kappa shape index (κ2) is 8.61. The predicted octanol–water partition coefficient (Wildman–Crippen LogP) is 2.69. The number of alkyl halides is 2. The number of hydrogen-bond donors (Lipinski definition) is 3. The lowest BCUT2D eigenvalue weighted by Gasteiger charge is -2.36. The minimum Gasteiger partial charge on any atom is -0.481 e. The fourth-order valence-corrected chi connectivity index (χ4v) is 3.51. The lowest BCUT2D eigenvalue weighted by molar-refractivity contribution is -0.147. The molecule has 1 saturated heterocycles. The summed E-state index contributed by atoms with van der Waals surface area (Å²) in [6.07, 6.45) is -2.97. The van der Waals surface area contributed by atoms with Crippen LogP contribution in [0, 0.1) is 17.1 Å². The molecule has 1 aliphatic rings. The Morgan fingerprint density at radius 1 is 1.43 bits per heavy atom. The maximum absolute atomic E-state index is 13.4. The molecule has 1 aliphatic heterocycles. The lowest BCUT2D eigenvalue weighted by atomic mass is 10.0. The van der Waals surface area contributed by atoms with Crippen LogP contribution >= 0.6 is 11.8 Å². The van der Waals surface area contributed by atoms with Gasteiger partial charge in [0, 0.05) is 31.1 Å². The number of benzene rings is 1. The molecule has 3 N–H and O–H groups in total. The van der Waals surface area contributed by atoms with Crippen LogP contribution < -0.4 is 5.32 Å². The van der Waals surface area contributed by atoms with Crippen molar-refractivity contribution in [1.82, 2.24) is 15.2 Å². The second-order valence-electron chi connectivity index (χ2n) is 6.10. The summed E-state index contributed by atoms with van der Waals surface area (Å²) in [4.78, 5) is 12.8. The zero-order valence-corrected chi connectivity index (χ0v) is 15.2. The number of amidine groups is 1. The Morgan fingerprint density at radius 2 is 2.18 bits per heavy atom. The van der Waals surface area contributed by atoms with Crippen LogP contribution in [0.15, 0.2) is 27.9 Å². The van der Waals surface area contributed by atoms with Gasteiger partial charge in [-0.2, -0.15) is 0 Å². The fourth-order valence-electron chi connectivity index (χ4n) is 2.60. The minimum absolute atomic E-state index is 0.0972. The van der Waals surface area contributed by atoms with Gasteiger partial charge in [0.25, 0.3) is 6.43 Å². The summed E-state index contributed by atoms with van der Waals surface area (Å²) in [7, 11) is 0. The van der Waals surface area contributed by atoms with Crippen LogP contribution in [0.25, 0.3) is 0 Å². The van der Waals surface area contributed by atoms with Gasteiger partial charge in [0.2, 0.25) is 0 Å². The van der Waals surface area contributed by atoms with E-state index in [1.165, 1.54) is 17.8 Å². The molecular weight excluding hydrogens is 399 g/mol. The highest BCUT2D eigenvalue weighted by atomic mass is 32.2. The summed E-state index contributed by atoms with van der Waals surface area (Å²) in [5, 5.41) is 27.2. The molecular formula is C16H16F3N5O3S. The Kier molecular flexibility index (Phi) is 6.19. The highest BCUT2D eigenvalue weighted by molar-refractivity contribution is 7.99. The van der Waals surface area contributed by atoms with Gasteiger partial charge in [-0.15, -0.1) is 0 Å². The molecule has 28 heavy (non-hydrogen) atoms. The van der Waals surface area contributed by atoms with Gasteiger partial charge in [0.05, 0.1) is 11.5 Å². The van der Waals surface area contributed by atoms with Crippen LogP contribution in [0.1, 0.15) is 17.7 Å². The van der Waals surface area contributed by atoms with Gasteiger partial charge in [0.15, 0.2) is 16.6 Å². The molecule has 0 aliphatic carbocycles. The number of nitrogens with one attached hydrogen (secondary N) is 2. The number of aliphatic carboxylic acids is 1. The summed E-state index contributed by atoms with van der Waals surface area (Å²) in [5.41, 5.74) is -0.555.